The Hall–Kier alpha value is -2.66. The van der Waals surface area contributed by atoms with Crippen LogP contribution >= 0.6 is 11.6 Å². The van der Waals surface area contributed by atoms with Crippen LogP contribution in [0, 0.1) is 0 Å². The van der Waals surface area contributed by atoms with E-state index in [-0.39, 0.29) is 17.3 Å². The molecular formula is C16H14ClN3O2. The Morgan fingerprint density at radius 2 is 1.77 bits per heavy atom. The summed E-state index contributed by atoms with van der Waals surface area (Å²) in [5.74, 6) is -0.807. The van der Waals surface area contributed by atoms with Gasteiger partial charge in [0.05, 0.1) is 10.7 Å². The molecule has 1 aromatic carbocycles. The lowest BCUT2D eigenvalue weighted by atomic mass is 10.2. The largest absolute Gasteiger partial charge is 0.347 e. The summed E-state index contributed by atoms with van der Waals surface area (Å²) in [6.45, 7) is 3.85. The number of benzene rings is 1. The minimum atomic E-state index is -0.438. The van der Waals surface area contributed by atoms with Crippen LogP contribution in [0.3, 0.4) is 0 Å². The van der Waals surface area contributed by atoms with Gasteiger partial charge in [0, 0.05) is 6.54 Å². The van der Waals surface area contributed by atoms with E-state index in [0.717, 1.165) is 0 Å². The van der Waals surface area contributed by atoms with Crippen LogP contribution in [0.2, 0.25) is 5.02 Å². The van der Waals surface area contributed by atoms with Crippen molar-refractivity contribution in [2.24, 2.45) is 0 Å². The van der Waals surface area contributed by atoms with Crippen molar-refractivity contribution in [2.45, 2.75) is 0 Å². The molecule has 112 valence electrons. The average molecular weight is 316 g/mol. The summed E-state index contributed by atoms with van der Waals surface area (Å²) in [5, 5.41) is 5.68. The topological polar surface area (TPSA) is 71.1 Å². The third-order valence-electron chi connectivity index (χ3n) is 2.74. The van der Waals surface area contributed by atoms with Gasteiger partial charge in [0.1, 0.15) is 11.4 Å². The second kappa shape index (κ2) is 7.38. The van der Waals surface area contributed by atoms with Crippen LogP contribution in [-0.4, -0.2) is 23.3 Å². The van der Waals surface area contributed by atoms with Gasteiger partial charge in [-0.25, -0.2) is 4.98 Å². The molecule has 2 aromatic rings. The molecular weight excluding hydrogens is 302 g/mol. The molecule has 0 saturated heterocycles. The van der Waals surface area contributed by atoms with Crippen LogP contribution in [0.4, 0.5) is 5.69 Å². The maximum absolute atomic E-state index is 12.2. The number of nitrogens with zero attached hydrogens (tertiary/aromatic N) is 1. The van der Waals surface area contributed by atoms with E-state index in [0.29, 0.717) is 17.3 Å². The van der Waals surface area contributed by atoms with Gasteiger partial charge in [-0.1, -0.05) is 35.9 Å². The second-order valence-corrected chi connectivity index (χ2v) is 4.75. The number of aromatic nitrogens is 1. The number of carbonyl (C=O) groups is 2. The third kappa shape index (κ3) is 3.93. The second-order valence-electron chi connectivity index (χ2n) is 4.34. The molecule has 6 heteroatoms. The summed E-state index contributed by atoms with van der Waals surface area (Å²) < 4.78 is 0. The average Bonchev–Trinajstić information content (AvgIpc) is 2.54. The number of para-hydroxylation sites is 1. The summed E-state index contributed by atoms with van der Waals surface area (Å²) >= 11 is 5.99. The summed E-state index contributed by atoms with van der Waals surface area (Å²) in [7, 11) is 0. The van der Waals surface area contributed by atoms with E-state index in [4.69, 9.17) is 11.6 Å². The zero-order chi connectivity index (χ0) is 15.9. The number of halogens is 1. The molecule has 0 aliphatic carbocycles. The summed E-state index contributed by atoms with van der Waals surface area (Å²) in [6.07, 6.45) is 1.56. The molecule has 1 heterocycles. The lowest BCUT2D eigenvalue weighted by Gasteiger charge is -2.07. The van der Waals surface area contributed by atoms with Crippen LogP contribution in [0.5, 0.6) is 0 Å². The Bertz CT molecular complexity index is 716. The van der Waals surface area contributed by atoms with Crippen LogP contribution in [0.25, 0.3) is 0 Å². The number of hydrogen-bond acceptors (Lipinski definition) is 3. The minimum Gasteiger partial charge on any atom is -0.347 e. The molecule has 0 fully saturated rings. The van der Waals surface area contributed by atoms with Gasteiger partial charge in [0.25, 0.3) is 11.8 Å². The number of hydrogen-bond donors (Lipinski definition) is 2. The van der Waals surface area contributed by atoms with Crippen LogP contribution < -0.4 is 10.6 Å². The van der Waals surface area contributed by atoms with Gasteiger partial charge in [-0.3, -0.25) is 9.59 Å². The Morgan fingerprint density at radius 1 is 1.09 bits per heavy atom. The maximum Gasteiger partial charge on any atom is 0.274 e. The number of pyridine rings is 1. The Kier molecular flexibility index (Phi) is 5.27. The van der Waals surface area contributed by atoms with Crippen LogP contribution in [-0.2, 0) is 0 Å². The fraction of sp³-hybridized carbons (Fsp3) is 0.0625. The molecule has 22 heavy (non-hydrogen) atoms. The molecule has 0 atom stereocenters. The molecule has 0 spiro atoms. The number of anilines is 1. The number of nitrogens with one attached hydrogen (secondary N) is 2. The Morgan fingerprint density at radius 3 is 2.45 bits per heavy atom. The highest BCUT2D eigenvalue weighted by molar-refractivity contribution is 6.33. The van der Waals surface area contributed by atoms with Gasteiger partial charge >= 0.3 is 0 Å². The van der Waals surface area contributed by atoms with Gasteiger partial charge in [0.2, 0.25) is 0 Å². The van der Waals surface area contributed by atoms with Gasteiger partial charge < -0.3 is 10.6 Å². The SMILES string of the molecule is C=CCNC(=O)c1cccc(C(=O)Nc2ccccc2Cl)n1. The lowest BCUT2D eigenvalue weighted by molar-refractivity contribution is 0.0953. The van der Waals surface area contributed by atoms with Crippen molar-refractivity contribution in [3.8, 4) is 0 Å². The molecule has 0 aliphatic rings. The normalized spacial score (nSPS) is 9.86. The molecule has 0 bridgehead atoms. The van der Waals surface area contributed by atoms with E-state index < -0.39 is 5.91 Å². The van der Waals surface area contributed by atoms with E-state index in [1.807, 2.05) is 0 Å². The smallest absolute Gasteiger partial charge is 0.274 e. The summed E-state index contributed by atoms with van der Waals surface area (Å²) in [6, 6.07) is 11.5. The standard InChI is InChI=1S/C16H14ClN3O2/c1-2-10-18-15(21)13-8-5-9-14(19-13)16(22)20-12-7-4-3-6-11(12)17/h2-9H,1,10H2,(H,18,21)(H,20,22). The van der Waals surface area contributed by atoms with Crippen LogP contribution in [0.15, 0.2) is 55.1 Å². The molecule has 0 unspecified atom stereocenters. The van der Waals surface area contributed by atoms with Crippen molar-refractivity contribution in [3.05, 3.63) is 71.5 Å². The number of rotatable bonds is 5. The highest BCUT2D eigenvalue weighted by Crippen LogP contribution is 2.20. The van der Waals surface area contributed by atoms with Gasteiger partial charge in [-0.05, 0) is 24.3 Å². The van der Waals surface area contributed by atoms with Crippen molar-refractivity contribution in [1.29, 1.82) is 0 Å². The van der Waals surface area contributed by atoms with Crippen molar-refractivity contribution < 1.29 is 9.59 Å². The van der Waals surface area contributed by atoms with Crippen molar-refractivity contribution in [1.82, 2.24) is 10.3 Å². The van der Waals surface area contributed by atoms with Gasteiger partial charge in [-0.2, -0.15) is 0 Å². The summed E-state index contributed by atoms with van der Waals surface area (Å²) in [4.78, 5) is 28.0. The van der Waals surface area contributed by atoms with Crippen LogP contribution in [0.1, 0.15) is 21.0 Å². The molecule has 2 amide bonds. The first-order valence-electron chi connectivity index (χ1n) is 6.54. The number of carbonyl (C=O) groups excluding carboxylic acids is 2. The Labute approximate surface area is 133 Å². The monoisotopic (exact) mass is 315 g/mol. The zero-order valence-electron chi connectivity index (χ0n) is 11.7. The van der Waals surface area contributed by atoms with Crippen molar-refractivity contribution in [3.63, 3.8) is 0 Å². The molecule has 0 saturated carbocycles. The highest BCUT2D eigenvalue weighted by atomic mass is 35.5. The highest BCUT2D eigenvalue weighted by Gasteiger charge is 2.13. The van der Waals surface area contributed by atoms with E-state index in [1.54, 1.807) is 36.4 Å². The fourth-order valence-electron chi connectivity index (χ4n) is 1.69. The number of amides is 2. The predicted molar refractivity (Wildman–Crippen MR) is 86.2 cm³/mol. The molecule has 5 nitrogen and oxygen atoms in total. The molecule has 2 rings (SSSR count). The van der Waals surface area contributed by atoms with E-state index >= 15 is 0 Å². The van der Waals surface area contributed by atoms with Crippen molar-refractivity contribution >= 4 is 29.1 Å². The first kappa shape index (κ1) is 15.7. The van der Waals surface area contributed by atoms with E-state index in [2.05, 4.69) is 22.2 Å². The quantitative estimate of drug-likeness (QED) is 0.833. The molecule has 2 N–H and O–H groups in total. The first-order chi connectivity index (χ1) is 10.6. The predicted octanol–water partition coefficient (Wildman–Crippen LogP) is 2.90. The van der Waals surface area contributed by atoms with Gasteiger partial charge in [0.15, 0.2) is 0 Å². The van der Waals surface area contributed by atoms with E-state index in [9.17, 15) is 9.59 Å². The summed E-state index contributed by atoms with van der Waals surface area (Å²) in [5.41, 5.74) is 0.775. The maximum atomic E-state index is 12.2. The van der Waals surface area contributed by atoms with Crippen molar-refractivity contribution in [2.75, 3.05) is 11.9 Å². The third-order valence-corrected chi connectivity index (χ3v) is 3.07. The lowest BCUT2D eigenvalue weighted by Crippen LogP contribution is -2.25. The van der Waals surface area contributed by atoms with E-state index in [1.165, 1.54) is 12.1 Å². The molecule has 0 aliphatic heterocycles. The van der Waals surface area contributed by atoms with Gasteiger partial charge in [-0.15, -0.1) is 6.58 Å². The minimum absolute atomic E-state index is 0.131. The first-order valence-corrected chi connectivity index (χ1v) is 6.91. The molecule has 1 aromatic heterocycles. The zero-order valence-corrected chi connectivity index (χ0v) is 12.4. The Balaban J connectivity index is 2.15. The fourth-order valence-corrected chi connectivity index (χ4v) is 1.87. The molecule has 0 radical (unpaired) electrons.